The molecule has 0 radical (unpaired) electrons. The van der Waals surface area contributed by atoms with Crippen molar-refractivity contribution in [3.05, 3.63) is 29.6 Å². The Morgan fingerprint density at radius 1 is 1.47 bits per heavy atom. The molecule has 92 valence electrons. The highest BCUT2D eigenvalue weighted by atomic mass is 19.1. The molecule has 1 aliphatic carbocycles. The van der Waals surface area contributed by atoms with Crippen LogP contribution < -0.4 is 10.5 Å². The van der Waals surface area contributed by atoms with Crippen LogP contribution in [0.2, 0.25) is 0 Å². The third-order valence-corrected chi connectivity index (χ3v) is 4.17. The fourth-order valence-electron chi connectivity index (χ4n) is 3.01. The summed E-state index contributed by atoms with van der Waals surface area (Å²) in [6, 6.07) is 4.65. The van der Waals surface area contributed by atoms with E-state index in [0.29, 0.717) is 11.7 Å². The SMILES string of the molecule is CCC1(C2CC2)C[C@@H](N)c2ccc(F)cc2O1. The van der Waals surface area contributed by atoms with Crippen molar-refractivity contribution in [3.8, 4) is 5.75 Å². The Kier molecular flexibility index (Phi) is 2.40. The van der Waals surface area contributed by atoms with Gasteiger partial charge in [-0.2, -0.15) is 0 Å². The average Bonchev–Trinajstić information content (AvgIpc) is 3.12. The summed E-state index contributed by atoms with van der Waals surface area (Å²) in [5.74, 6) is 1.01. The monoisotopic (exact) mass is 235 g/mol. The molecule has 17 heavy (non-hydrogen) atoms. The van der Waals surface area contributed by atoms with Gasteiger partial charge in [-0.1, -0.05) is 13.0 Å². The molecular weight excluding hydrogens is 217 g/mol. The fourth-order valence-corrected chi connectivity index (χ4v) is 3.01. The largest absolute Gasteiger partial charge is 0.486 e. The number of hydrogen-bond donors (Lipinski definition) is 1. The number of benzene rings is 1. The Labute approximate surface area is 101 Å². The van der Waals surface area contributed by atoms with Crippen LogP contribution in [0.3, 0.4) is 0 Å². The van der Waals surface area contributed by atoms with E-state index in [9.17, 15) is 4.39 Å². The maximum absolute atomic E-state index is 13.3. The fraction of sp³-hybridized carbons (Fsp3) is 0.571. The van der Waals surface area contributed by atoms with Gasteiger partial charge in [-0.3, -0.25) is 0 Å². The Balaban J connectivity index is 2.00. The number of nitrogens with two attached hydrogens (primary N) is 1. The van der Waals surface area contributed by atoms with Crippen LogP contribution in [0.5, 0.6) is 5.75 Å². The second-order valence-corrected chi connectivity index (χ2v) is 5.29. The molecule has 1 aromatic rings. The van der Waals surface area contributed by atoms with E-state index < -0.39 is 0 Å². The number of fused-ring (bicyclic) bond motifs is 1. The molecule has 3 rings (SSSR count). The Bertz CT molecular complexity index is 444. The van der Waals surface area contributed by atoms with Crippen molar-refractivity contribution < 1.29 is 9.13 Å². The van der Waals surface area contributed by atoms with Crippen LogP contribution >= 0.6 is 0 Å². The van der Waals surface area contributed by atoms with E-state index >= 15 is 0 Å². The molecule has 0 spiro atoms. The van der Waals surface area contributed by atoms with Gasteiger partial charge in [0, 0.05) is 24.1 Å². The van der Waals surface area contributed by atoms with Crippen molar-refractivity contribution in [1.82, 2.24) is 0 Å². The van der Waals surface area contributed by atoms with Gasteiger partial charge in [-0.05, 0) is 31.2 Å². The molecule has 1 aliphatic heterocycles. The van der Waals surface area contributed by atoms with Gasteiger partial charge in [0.2, 0.25) is 0 Å². The van der Waals surface area contributed by atoms with Crippen LogP contribution in [0, 0.1) is 11.7 Å². The van der Waals surface area contributed by atoms with Gasteiger partial charge in [0.05, 0.1) is 0 Å². The van der Waals surface area contributed by atoms with E-state index in [1.165, 1.54) is 25.0 Å². The Morgan fingerprint density at radius 2 is 2.24 bits per heavy atom. The first-order valence-electron chi connectivity index (χ1n) is 6.38. The van der Waals surface area contributed by atoms with Crippen molar-refractivity contribution in [3.63, 3.8) is 0 Å². The van der Waals surface area contributed by atoms with Gasteiger partial charge in [0.1, 0.15) is 17.2 Å². The highest BCUT2D eigenvalue weighted by Crippen LogP contribution is 2.51. The van der Waals surface area contributed by atoms with Gasteiger partial charge >= 0.3 is 0 Å². The van der Waals surface area contributed by atoms with Crippen molar-refractivity contribution in [2.45, 2.75) is 44.2 Å². The third-order valence-electron chi connectivity index (χ3n) is 4.17. The first kappa shape index (κ1) is 11.0. The lowest BCUT2D eigenvalue weighted by Gasteiger charge is -2.41. The van der Waals surface area contributed by atoms with Gasteiger partial charge < -0.3 is 10.5 Å². The molecule has 3 heteroatoms. The van der Waals surface area contributed by atoms with E-state index in [1.54, 1.807) is 6.07 Å². The van der Waals surface area contributed by atoms with Crippen LogP contribution in [0.15, 0.2) is 18.2 Å². The van der Waals surface area contributed by atoms with E-state index in [0.717, 1.165) is 18.4 Å². The molecular formula is C14H18FNO. The summed E-state index contributed by atoms with van der Waals surface area (Å²) in [4.78, 5) is 0. The van der Waals surface area contributed by atoms with Crippen molar-refractivity contribution in [2.75, 3.05) is 0 Å². The topological polar surface area (TPSA) is 35.2 Å². The van der Waals surface area contributed by atoms with Crippen LogP contribution in [0.1, 0.15) is 44.2 Å². The summed E-state index contributed by atoms with van der Waals surface area (Å²) in [5, 5.41) is 0. The summed E-state index contributed by atoms with van der Waals surface area (Å²) in [7, 11) is 0. The maximum atomic E-state index is 13.3. The average molecular weight is 235 g/mol. The summed E-state index contributed by atoms with van der Waals surface area (Å²) >= 11 is 0. The summed E-state index contributed by atoms with van der Waals surface area (Å²) in [6.07, 6.45) is 4.23. The minimum absolute atomic E-state index is 0.0279. The highest BCUT2D eigenvalue weighted by molar-refractivity contribution is 5.39. The molecule has 2 atom stereocenters. The second kappa shape index (κ2) is 3.70. The smallest absolute Gasteiger partial charge is 0.127 e. The number of hydrogen-bond acceptors (Lipinski definition) is 2. The predicted octanol–water partition coefficient (Wildman–Crippen LogP) is 3.17. The van der Waals surface area contributed by atoms with Crippen LogP contribution in [0.4, 0.5) is 4.39 Å². The van der Waals surface area contributed by atoms with Crippen molar-refractivity contribution in [2.24, 2.45) is 11.7 Å². The zero-order valence-corrected chi connectivity index (χ0v) is 10.1. The molecule has 0 amide bonds. The van der Waals surface area contributed by atoms with E-state index in [4.69, 9.17) is 10.5 Å². The molecule has 2 nitrogen and oxygen atoms in total. The molecule has 2 N–H and O–H groups in total. The lowest BCUT2D eigenvalue weighted by molar-refractivity contribution is 0.0104. The number of ether oxygens (including phenoxy) is 1. The second-order valence-electron chi connectivity index (χ2n) is 5.29. The van der Waals surface area contributed by atoms with Crippen LogP contribution in [0.25, 0.3) is 0 Å². The molecule has 1 heterocycles. The molecule has 0 bridgehead atoms. The zero-order chi connectivity index (χ0) is 12.0. The van der Waals surface area contributed by atoms with Gasteiger partial charge in [-0.15, -0.1) is 0 Å². The van der Waals surface area contributed by atoms with Gasteiger partial charge in [0.15, 0.2) is 0 Å². The standard InChI is InChI=1S/C14H18FNO/c1-2-14(9-3-4-9)8-12(16)11-6-5-10(15)7-13(11)17-14/h5-7,9,12H,2-4,8,16H2,1H3/t12-,14?/m1/s1. The number of halogens is 1. The summed E-state index contributed by atoms with van der Waals surface area (Å²) < 4.78 is 19.4. The van der Waals surface area contributed by atoms with Gasteiger partial charge in [0.25, 0.3) is 0 Å². The third kappa shape index (κ3) is 1.73. The predicted molar refractivity (Wildman–Crippen MR) is 64.3 cm³/mol. The Morgan fingerprint density at radius 3 is 2.88 bits per heavy atom. The lowest BCUT2D eigenvalue weighted by atomic mass is 9.82. The normalized spacial score (nSPS) is 31.8. The first-order valence-corrected chi connectivity index (χ1v) is 6.38. The molecule has 1 fully saturated rings. The lowest BCUT2D eigenvalue weighted by Crippen LogP contribution is -2.44. The maximum Gasteiger partial charge on any atom is 0.127 e. The highest BCUT2D eigenvalue weighted by Gasteiger charge is 2.49. The van der Waals surface area contributed by atoms with E-state index in [2.05, 4.69) is 6.92 Å². The molecule has 1 unspecified atom stereocenters. The van der Waals surface area contributed by atoms with E-state index in [-0.39, 0.29) is 17.5 Å². The number of rotatable bonds is 2. The summed E-state index contributed by atoms with van der Waals surface area (Å²) in [6.45, 7) is 2.13. The van der Waals surface area contributed by atoms with Crippen LogP contribution in [-0.2, 0) is 0 Å². The molecule has 2 aliphatic rings. The first-order chi connectivity index (χ1) is 8.14. The van der Waals surface area contributed by atoms with E-state index in [1.807, 2.05) is 0 Å². The van der Waals surface area contributed by atoms with Crippen molar-refractivity contribution in [1.29, 1.82) is 0 Å². The molecule has 0 saturated heterocycles. The Hall–Kier alpha value is -1.09. The zero-order valence-electron chi connectivity index (χ0n) is 10.1. The molecule has 0 aromatic heterocycles. The quantitative estimate of drug-likeness (QED) is 0.854. The van der Waals surface area contributed by atoms with Gasteiger partial charge in [-0.25, -0.2) is 4.39 Å². The van der Waals surface area contributed by atoms with Crippen molar-refractivity contribution >= 4 is 0 Å². The minimum Gasteiger partial charge on any atom is -0.486 e. The summed E-state index contributed by atoms with van der Waals surface area (Å²) in [5.41, 5.74) is 7.00. The van der Waals surface area contributed by atoms with Crippen LogP contribution in [-0.4, -0.2) is 5.60 Å². The minimum atomic E-state index is -0.251. The molecule has 1 saturated carbocycles. The molecule has 1 aromatic carbocycles.